The predicted octanol–water partition coefficient (Wildman–Crippen LogP) is 5.20. The molecule has 0 spiro atoms. The van der Waals surface area contributed by atoms with E-state index in [2.05, 4.69) is 26.0 Å². The van der Waals surface area contributed by atoms with Crippen molar-refractivity contribution in [3.8, 4) is 5.75 Å². The van der Waals surface area contributed by atoms with Crippen molar-refractivity contribution in [2.45, 2.75) is 39.0 Å². The van der Waals surface area contributed by atoms with Crippen molar-refractivity contribution in [2.75, 3.05) is 7.11 Å². The highest BCUT2D eigenvalue weighted by atomic mass is 35.5. The number of rotatable bonds is 6. The minimum Gasteiger partial charge on any atom is -0.496 e. The maximum atomic E-state index is 6.06. The first kappa shape index (κ1) is 14.1. The Balaban J connectivity index is 2.93. The topological polar surface area (TPSA) is 9.23 Å². The molecule has 1 aromatic rings. The zero-order valence-electron chi connectivity index (χ0n) is 10.9. The first-order chi connectivity index (χ1) is 8.22. The summed E-state index contributed by atoms with van der Waals surface area (Å²) in [6, 6.07) is 5.84. The van der Waals surface area contributed by atoms with E-state index in [1.54, 1.807) is 7.11 Å². The monoisotopic (exact) mass is 252 g/mol. The van der Waals surface area contributed by atoms with Crippen LogP contribution in [0.15, 0.2) is 30.4 Å². The van der Waals surface area contributed by atoms with E-state index in [1.807, 2.05) is 18.2 Å². The van der Waals surface area contributed by atoms with E-state index >= 15 is 0 Å². The third-order valence-electron chi connectivity index (χ3n) is 2.95. The zero-order chi connectivity index (χ0) is 12.7. The average Bonchev–Trinajstić information content (AvgIpc) is 2.35. The predicted molar refractivity (Wildman–Crippen MR) is 75.1 cm³/mol. The van der Waals surface area contributed by atoms with E-state index in [9.17, 15) is 0 Å². The van der Waals surface area contributed by atoms with Crippen molar-refractivity contribution < 1.29 is 4.74 Å². The van der Waals surface area contributed by atoms with Gasteiger partial charge in [0.25, 0.3) is 0 Å². The van der Waals surface area contributed by atoms with Crippen LogP contribution in [-0.4, -0.2) is 7.11 Å². The van der Waals surface area contributed by atoms with Crippen LogP contribution in [0.2, 0.25) is 5.02 Å². The fourth-order valence-corrected chi connectivity index (χ4v) is 2.15. The molecule has 1 unspecified atom stereocenters. The molecule has 0 aliphatic rings. The summed E-state index contributed by atoms with van der Waals surface area (Å²) in [6.07, 6.45) is 7.67. The van der Waals surface area contributed by atoms with Gasteiger partial charge in [0.05, 0.1) is 7.11 Å². The molecule has 1 nitrogen and oxygen atoms in total. The highest BCUT2D eigenvalue weighted by molar-refractivity contribution is 6.30. The molecule has 1 rings (SSSR count). The number of hydrogen-bond acceptors (Lipinski definition) is 1. The molecule has 0 bridgehead atoms. The fourth-order valence-electron chi connectivity index (χ4n) is 1.96. The van der Waals surface area contributed by atoms with Gasteiger partial charge in [-0.1, -0.05) is 37.6 Å². The van der Waals surface area contributed by atoms with Crippen LogP contribution in [0.1, 0.15) is 44.6 Å². The van der Waals surface area contributed by atoms with Crippen molar-refractivity contribution in [1.29, 1.82) is 0 Å². The molecule has 0 amide bonds. The molecule has 0 N–H and O–H groups in total. The lowest BCUT2D eigenvalue weighted by Crippen LogP contribution is -1.99. The summed E-state index contributed by atoms with van der Waals surface area (Å²) >= 11 is 6.06. The van der Waals surface area contributed by atoms with Crippen LogP contribution in [-0.2, 0) is 0 Å². The van der Waals surface area contributed by atoms with Crippen molar-refractivity contribution in [2.24, 2.45) is 0 Å². The van der Waals surface area contributed by atoms with Gasteiger partial charge in [-0.25, -0.2) is 0 Å². The SMILES string of the molecule is CC/C=C\CC(CC)c1cc(Cl)ccc1OC. The second kappa shape index (κ2) is 7.39. The number of benzene rings is 1. The van der Waals surface area contributed by atoms with E-state index in [-0.39, 0.29) is 0 Å². The van der Waals surface area contributed by atoms with Gasteiger partial charge in [0.1, 0.15) is 5.75 Å². The van der Waals surface area contributed by atoms with Crippen molar-refractivity contribution >= 4 is 11.6 Å². The quantitative estimate of drug-likeness (QED) is 0.633. The summed E-state index contributed by atoms with van der Waals surface area (Å²) < 4.78 is 5.41. The lowest BCUT2D eigenvalue weighted by molar-refractivity contribution is 0.404. The van der Waals surface area contributed by atoms with Crippen LogP contribution in [0, 0.1) is 0 Å². The fraction of sp³-hybridized carbons (Fsp3) is 0.467. The van der Waals surface area contributed by atoms with Crippen LogP contribution >= 0.6 is 11.6 Å². The third kappa shape index (κ3) is 4.08. The van der Waals surface area contributed by atoms with E-state index in [0.717, 1.165) is 30.0 Å². The summed E-state index contributed by atoms with van der Waals surface area (Å²) in [5, 5.41) is 0.777. The molecule has 94 valence electrons. The van der Waals surface area contributed by atoms with Crippen LogP contribution in [0.3, 0.4) is 0 Å². The Kier molecular flexibility index (Phi) is 6.13. The number of hydrogen-bond donors (Lipinski definition) is 0. The summed E-state index contributed by atoms with van der Waals surface area (Å²) in [5.74, 6) is 1.41. The van der Waals surface area contributed by atoms with E-state index in [4.69, 9.17) is 16.3 Å². The van der Waals surface area contributed by atoms with Gasteiger partial charge in [-0.3, -0.25) is 0 Å². The van der Waals surface area contributed by atoms with Crippen LogP contribution in [0.5, 0.6) is 5.75 Å². The Morgan fingerprint density at radius 2 is 2.06 bits per heavy atom. The van der Waals surface area contributed by atoms with Crippen molar-refractivity contribution in [3.05, 3.63) is 40.9 Å². The van der Waals surface area contributed by atoms with Gasteiger partial charge in [0.15, 0.2) is 0 Å². The van der Waals surface area contributed by atoms with Gasteiger partial charge in [-0.15, -0.1) is 0 Å². The van der Waals surface area contributed by atoms with Gasteiger partial charge >= 0.3 is 0 Å². The largest absolute Gasteiger partial charge is 0.496 e. The molecule has 0 heterocycles. The maximum Gasteiger partial charge on any atom is 0.122 e. The Morgan fingerprint density at radius 1 is 1.29 bits per heavy atom. The van der Waals surface area contributed by atoms with Crippen molar-refractivity contribution in [3.63, 3.8) is 0 Å². The Morgan fingerprint density at radius 3 is 2.65 bits per heavy atom. The van der Waals surface area contributed by atoms with Crippen LogP contribution < -0.4 is 4.74 Å². The summed E-state index contributed by atoms with van der Waals surface area (Å²) in [7, 11) is 1.71. The normalized spacial score (nSPS) is 12.9. The Hall–Kier alpha value is -0.950. The van der Waals surface area contributed by atoms with Crippen molar-refractivity contribution in [1.82, 2.24) is 0 Å². The maximum absolute atomic E-state index is 6.06. The van der Waals surface area contributed by atoms with Gasteiger partial charge in [-0.2, -0.15) is 0 Å². The van der Waals surface area contributed by atoms with Gasteiger partial charge in [-0.05, 0) is 48.9 Å². The minimum absolute atomic E-state index is 0.478. The molecular formula is C15H21ClO. The third-order valence-corrected chi connectivity index (χ3v) is 3.18. The second-order valence-corrected chi connectivity index (χ2v) is 4.54. The molecule has 0 radical (unpaired) electrons. The first-order valence-electron chi connectivity index (χ1n) is 6.21. The molecular weight excluding hydrogens is 232 g/mol. The average molecular weight is 253 g/mol. The molecule has 0 saturated heterocycles. The van der Waals surface area contributed by atoms with Crippen LogP contribution in [0.4, 0.5) is 0 Å². The number of halogens is 1. The molecule has 0 saturated carbocycles. The zero-order valence-corrected chi connectivity index (χ0v) is 11.6. The minimum atomic E-state index is 0.478. The molecule has 0 aliphatic carbocycles. The molecule has 0 aromatic heterocycles. The lowest BCUT2D eigenvalue weighted by Gasteiger charge is -2.17. The first-order valence-corrected chi connectivity index (χ1v) is 6.59. The number of allylic oxidation sites excluding steroid dienone is 2. The van der Waals surface area contributed by atoms with E-state index in [0.29, 0.717) is 5.92 Å². The summed E-state index contributed by atoms with van der Waals surface area (Å²) in [5.41, 5.74) is 1.21. The highest BCUT2D eigenvalue weighted by Gasteiger charge is 2.13. The van der Waals surface area contributed by atoms with Crippen LogP contribution in [0.25, 0.3) is 0 Å². The highest BCUT2D eigenvalue weighted by Crippen LogP contribution is 2.33. The van der Waals surface area contributed by atoms with E-state index in [1.165, 1.54) is 5.56 Å². The lowest BCUT2D eigenvalue weighted by atomic mass is 9.92. The molecule has 1 aromatic carbocycles. The van der Waals surface area contributed by atoms with E-state index < -0.39 is 0 Å². The van der Waals surface area contributed by atoms with Gasteiger partial charge in [0.2, 0.25) is 0 Å². The Labute approximate surface area is 109 Å². The Bertz CT molecular complexity index is 371. The standard InChI is InChI=1S/C15H21ClO/c1-4-6-7-8-12(5-2)14-11-13(16)9-10-15(14)17-3/h6-7,9-12H,4-5,8H2,1-3H3/b7-6-. The molecule has 1 atom stereocenters. The smallest absolute Gasteiger partial charge is 0.122 e. The second-order valence-electron chi connectivity index (χ2n) is 4.11. The van der Waals surface area contributed by atoms with Gasteiger partial charge in [0, 0.05) is 5.02 Å². The molecule has 0 fully saturated rings. The molecule has 2 heteroatoms. The molecule has 0 aliphatic heterocycles. The number of methoxy groups -OCH3 is 1. The summed E-state index contributed by atoms with van der Waals surface area (Å²) in [4.78, 5) is 0. The number of ether oxygens (including phenoxy) is 1. The summed E-state index contributed by atoms with van der Waals surface area (Å²) in [6.45, 7) is 4.35. The molecule has 17 heavy (non-hydrogen) atoms. The van der Waals surface area contributed by atoms with Gasteiger partial charge < -0.3 is 4.74 Å².